The number of nitrogens with zero attached hydrogens (tertiary/aromatic N) is 5. The summed E-state index contributed by atoms with van der Waals surface area (Å²) in [6, 6.07) is 10.1. The number of hydrogen-bond acceptors (Lipinski definition) is 7. The summed E-state index contributed by atoms with van der Waals surface area (Å²) in [5.74, 6) is 0.711. The SMILES string of the molecule is CC(C)(C)OC(=O)N1CC2CCC(C1)N2c1ncc(C2=CCN(C(=O)OCc3ccccc3)CC2)cn1. The number of amides is 2. The molecule has 2 saturated heterocycles. The quantitative estimate of drug-likeness (QED) is 0.605. The molecule has 37 heavy (non-hydrogen) atoms. The molecule has 0 radical (unpaired) electrons. The van der Waals surface area contributed by atoms with Gasteiger partial charge in [0.05, 0.1) is 12.1 Å². The number of fused-ring (bicyclic) bond motifs is 2. The second-order valence-electron chi connectivity index (χ2n) is 10.9. The molecule has 4 heterocycles. The Labute approximate surface area is 218 Å². The van der Waals surface area contributed by atoms with E-state index in [0.717, 1.165) is 36.0 Å². The minimum absolute atomic E-state index is 0.196. The van der Waals surface area contributed by atoms with Gasteiger partial charge in [-0.1, -0.05) is 36.4 Å². The van der Waals surface area contributed by atoms with Crippen molar-refractivity contribution in [2.24, 2.45) is 0 Å². The van der Waals surface area contributed by atoms with Gasteiger partial charge in [-0.25, -0.2) is 19.6 Å². The standard InChI is InChI=1S/C28H35N5O4/c1-28(2,3)37-27(35)32-17-23-9-10-24(18-32)33(23)25-29-15-22(16-30-25)21-11-13-31(14-12-21)26(34)36-19-20-7-5-4-6-8-20/h4-8,11,15-16,23-24H,9-10,12-14,17-19H2,1-3H3. The highest BCUT2D eigenvalue weighted by Crippen LogP contribution is 2.34. The van der Waals surface area contributed by atoms with Crippen LogP contribution in [0, 0.1) is 0 Å². The first-order valence-electron chi connectivity index (χ1n) is 13.0. The fraction of sp³-hybridized carbons (Fsp3) is 0.500. The molecule has 2 atom stereocenters. The number of likely N-dealkylation sites (tertiary alicyclic amines) is 1. The van der Waals surface area contributed by atoms with Crippen LogP contribution in [0.3, 0.4) is 0 Å². The molecule has 0 saturated carbocycles. The van der Waals surface area contributed by atoms with E-state index in [1.54, 1.807) is 4.90 Å². The molecule has 1 aromatic heterocycles. The van der Waals surface area contributed by atoms with Crippen molar-refractivity contribution >= 4 is 23.7 Å². The van der Waals surface area contributed by atoms with Crippen LogP contribution in [0.5, 0.6) is 0 Å². The number of anilines is 1. The summed E-state index contributed by atoms with van der Waals surface area (Å²) in [5, 5.41) is 0. The van der Waals surface area contributed by atoms with E-state index in [1.165, 1.54) is 0 Å². The van der Waals surface area contributed by atoms with Gasteiger partial charge in [-0.2, -0.15) is 0 Å². The second-order valence-corrected chi connectivity index (χ2v) is 10.9. The van der Waals surface area contributed by atoms with Crippen LogP contribution in [0.25, 0.3) is 5.57 Å². The van der Waals surface area contributed by atoms with Gasteiger partial charge >= 0.3 is 12.2 Å². The number of carbonyl (C=O) groups excluding carboxylic acids is 2. The molecule has 2 fully saturated rings. The van der Waals surface area contributed by atoms with Crippen LogP contribution >= 0.6 is 0 Å². The molecular weight excluding hydrogens is 470 g/mol. The van der Waals surface area contributed by atoms with Gasteiger partial charge in [0, 0.05) is 44.1 Å². The van der Waals surface area contributed by atoms with Gasteiger partial charge in [0.2, 0.25) is 5.95 Å². The van der Waals surface area contributed by atoms with Crippen molar-refractivity contribution in [3.8, 4) is 0 Å². The Bertz CT molecular complexity index is 1130. The lowest BCUT2D eigenvalue weighted by molar-refractivity contribution is 0.0208. The molecule has 5 rings (SSSR count). The molecule has 2 amide bonds. The maximum Gasteiger partial charge on any atom is 0.410 e. The van der Waals surface area contributed by atoms with E-state index in [2.05, 4.69) is 11.0 Å². The topological polar surface area (TPSA) is 88.1 Å². The molecule has 0 aliphatic carbocycles. The van der Waals surface area contributed by atoms with Crippen molar-refractivity contribution in [3.63, 3.8) is 0 Å². The maximum absolute atomic E-state index is 12.6. The van der Waals surface area contributed by atoms with E-state index in [9.17, 15) is 9.59 Å². The third kappa shape index (κ3) is 5.87. The fourth-order valence-electron chi connectivity index (χ4n) is 5.23. The molecule has 9 nitrogen and oxygen atoms in total. The summed E-state index contributed by atoms with van der Waals surface area (Å²) in [4.78, 5) is 40.2. The number of benzene rings is 1. The normalized spacial score (nSPS) is 21.5. The maximum atomic E-state index is 12.6. The lowest BCUT2D eigenvalue weighted by Gasteiger charge is -2.41. The summed E-state index contributed by atoms with van der Waals surface area (Å²) >= 11 is 0. The minimum Gasteiger partial charge on any atom is -0.445 e. The zero-order valence-electron chi connectivity index (χ0n) is 21.8. The van der Waals surface area contributed by atoms with Crippen molar-refractivity contribution in [1.82, 2.24) is 19.8 Å². The summed E-state index contributed by atoms with van der Waals surface area (Å²) in [5.41, 5.74) is 2.58. The Hall–Kier alpha value is -3.62. The molecular formula is C28H35N5O4. The Morgan fingerprint density at radius 3 is 2.24 bits per heavy atom. The average Bonchev–Trinajstić information content (AvgIpc) is 3.15. The summed E-state index contributed by atoms with van der Waals surface area (Å²) in [6.45, 7) is 8.29. The van der Waals surface area contributed by atoms with Crippen molar-refractivity contribution in [3.05, 3.63) is 59.9 Å². The van der Waals surface area contributed by atoms with Crippen molar-refractivity contribution in [2.75, 3.05) is 31.1 Å². The predicted octanol–water partition coefficient (Wildman–Crippen LogP) is 4.49. The van der Waals surface area contributed by atoms with Crippen molar-refractivity contribution < 1.29 is 19.1 Å². The first-order valence-corrected chi connectivity index (χ1v) is 13.0. The number of piperazine rings is 1. The molecule has 0 N–H and O–H groups in total. The third-order valence-corrected chi connectivity index (χ3v) is 7.05. The third-order valence-electron chi connectivity index (χ3n) is 7.05. The van der Waals surface area contributed by atoms with E-state index < -0.39 is 5.60 Å². The first kappa shape index (κ1) is 25.0. The first-order chi connectivity index (χ1) is 17.8. The lowest BCUT2D eigenvalue weighted by Crippen LogP contribution is -2.56. The molecule has 196 valence electrons. The smallest absolute Gasteiger partial charge is 0.410 e. The van der Waals surface area contributed by atoms with Crippen LogP contribution in [0.2, 0.25) is 0 Å². The van der Waals surface area contributed by atoms with Crippen molar-refractivity contribution in [1.29, 1.82) is 0 Å². The van der Waals surface area contributed by atoms with Crippen LogP contribution in [0.15, 0.2) is 48.8 Å². The molecule has 0 spiro atoms. The number of aromatic nitrogens is 2. The Kier molecular flexibility index (Phi) is 7.04. The molecule has 2 aromatic rings. The predicted molar refractivity (Wildman–Crippen MR) is 140 cm³/mol. The fourth-order valence-corrected chi connectivity index (χ4v) is 5.23. The second kappa shape index (κ2) is 10.4. The molecule has 1 aromatic carbocycles. The van der Waals surface area contributed by atoms with Crippen LogP contribution in [0.4, 0.5) is 15.5 Å². The molecule has 2 bridgehead atoms. The number of ether oxygens (including phenoxy) is 2. The van der Waals surface area contributed by atoms with Gasteiger partial charge < -0.3 is 24.2 Å². The van der Waals surface area contributed by atoms with Gasteiger partial charge in [0.25, 0.3) is 0 Å². The number of carbonyl (C=O) groups is 2. The van der Waals surface area contributed by atoms with Crippen LogP contribution in [0.1, 0.15) is 51.2 Å². The summed E-state index contributed by atoms with van der Waals surface area (Å²) < 4.78 is 11.0. The number of rotatable bonds is 4. The van der Waals surface area contributed by atoms with E-state index in [1.807, 2.05) is 68.4 Å². The van der Waals surface area contributed by atoms with Gasteiger partial charge in [-0.05, 0) is 51.2 Å². The monoisotopic (exact) mass is 505 g/mol. The van der Waals surface area contributed by atoms with Crippen LogP contribution in [-0.2, 0) is 16.1 Å². The highest BCUT2D eigenvalue weighted by molar-refractivity contribution is 5.72. The number of hydrogen-bond donors (Lipinski definition) is 0. The van der Waals surface area contributed by atoms with Gasteiger partial charge in [0.15, 0.2) is 0 Å². The minimum atomic E-state index is -0.500. The zero-order chi connectivity index (χ0) is 26.0. The lowest BCUT2D eigenvalue weighted by atomic mass is 10.0. The molecule has 3 aliphatic rings. The van der Waals surface area contributed by atoms with E-state index in [0.29, 0.717) is 32.1 Å². The van der Waals surface area contributed by atoms with Crippen molar-refractivity contribution in [2.45, 2.75) is 64.3 Å². The summed E-state index contributed by atoms with van der Waals surface area (Å²) in [6.07, 6.45) is 7.99. The Morgan fingerprint density at radius 2 is 1.65 bits per heavy atom. The Morgan fingerprint density at radius 1 is 0.973 bits per heavy atom. The summed E-state index contributed by atoms with van der Waals surface area (Å²) in [7, 11) is 0. The van der Waals surface area contributed by atoms with Crippen LogP contribution in [-0.4, -0.2) is 75.8 Å². The highest BCUT2D eigenvalue weighted by Gasteiger charge is 2.43. The molecule has 3 aliphatic heterocycles. The largest absolute Gasteiger partial charge is 0.445 e. The molecule has 9 heteroatoms. The van der Waals surface area contributed by atoms with Crippen LogP contribution < -0.4 is 4.90 Å². The van der Waals surface area contributed by atoms with Gasteiger partial charge in [-0.3, -0.25) is 0 Å². The zero-order valence-corrected chi connectivity index (χ0v) is 21.8. The Balaban J connectivity index is 1.16. The average molecular weight is 506 g/mol. The van der Waals surface area contributed by atoms with E-state index in [-0.39, 0.29) is 30.9 Å². The van der Waals surface area contributed by atoms with E-state index in [4.69, 9.17) is 19.4 Å². The van der Waals surface area contributed by atoms with E-state index >= 15 is 0 Å². The molecule has 2 unspecified atom stereocenters. The highest BCUT2D eigenvalue weighted by atomic mass is 16.6. The van der Waals surface area contributed by atoms with Gasteiger partial charge in [0.1, 0.15) is 12.2 Å². The van der Waals surface area contributed by atoms with Gasteiger partial charge in [-0.15, -0.1) is 0 Å².